The van der Waals surface area contributed by atoms with Crippen LogP contribution in [0, 0.1) is 0 Å². The van der Waals surface area contributed by atoms with Crippen LogP contribution >= 0.6 is 0 Å². The number of hydrogen-bond donors (Lipinski definition) is 1. The molecule has 1 aliphatic rings. The zero-order chi connectivity index (χ0) is 13.0. The highest BCUT2D eigenvalue weighted by molar-refractivity contribution is 5.29. The quantitative estimate of drug-likeness (QED) is 0.879. The largest absolute Gasteiger partial charge is 0.497 e. The zero-order valence-corrected chi connectivity index (χ0v) is 11.0. The van der Waals surface area contributed by atoms with Crippen LogP contribution in [0.2, 0.25) is 0 Å². The van der Waals surface area contributed by atoms with Gasteiger partial charge in [-0.1, -0.05) is 12.1 Å². The van der Waals surface area contributed by atoms with Crippen molar-refractivity contribution in [3.63, 3.8) is 0 Å². The van der Waals surface area contributed by atoms with Gasteiger partial charge in [-0.05, 0) is 24.6 Å². The topological polar surface area (TPSA) is 41.9 Å². The van der Waals surface area contributed by atoms with Crippen LogP contribution in [0.4, 0.5) is 0 Å². The van der Waals surface area contributed by atoms with Gasteiger partial charge in [0.2, 0.25) is 0 Å². The van der Waals surface area contributed by atoms with Crippen LogP contribution in [-0.4, -0.2) is 49.5 Å². The Morgan fingerprint density at radius 1 is 1.56 bits per heavy atom. The molecule has 0 bridgehead atoms. The van der Waals surface area contributed by atoms with Crippen molar-refractivity contribution in [2.24, 2.45) is 0 Å². The number of rotatable bonds is 4. The SMILES string of the molecule is COc1cccc(C(O)CN2CCOCC2C)c1. The molecule has 1 aromatic rings. The van der Waals surface area contributed by atoms with Gasteiger partial charge in [0.05, 0.1) is 26.4 Å². The van der Waals surface area contributed by atoms with Crippen LogP contribution in [0.25, 0.3) is 0 Å². The fourth-order valence-electron chi connectivity index (χ4n) is 2.21. The second-order valence-corrected chi connectivity index (χ2v) is 4.71. The zero-order valence-electron chi connectivity index (χ0n) is 11.0. The minimum Gasteiger partial charge on any atom is -0.497 e. The Bertz CT molecular complexity index is 383. The fourth-order valence-corrected chi connectivity index (χ4v) is 2.21. The number of benzene rings is 1. The van der Waals surface area contributed by atoms with E-state index >= 15 is 0 Å². The molecule has 2 atom stereocenters. The number of methoxy groups -OCH3 is 1. The Labute approximate surface area is 108 Å². The van der Waals surface area contributed by atoms with Gasteiger partial charge in [-0.2, -0.15) is 0 Å². The summed E-state index contributed by atoms with van der Waals surface area (Å²) >= 11 is 0. The van der Waals surface area contributed by atoms with Gasteiger partial charge >= 0.3 is 0 Å². The van der Waals surface area contributed by atoms with E-state index in [4.69, 9.17) is 9.47 Å². The lowest BCUT2D eigenvalue weighted by Crippen LogP contribution is -2.45. The van der Waals surface area contributed by atoms with Crippen LogP contribution in [-0.2, 0) is 4.74 Å². The van der Waals surface area contributed by atoms with E-state index in [1.54, 1.807) is 7.11 Å². The Morgan fingerprint density at radius 2 is 2.39 bits per heavy atom. The van der Waals surface area contributed by atoms with E-state index in [2.05, 4.69) is 11.8 Å². The highest BCUT2D eigenvalue weighted by atomic mass is 16.5. The van der Waals surface area contributed by atoms with Gasteiger partial charge in [0.25, 0.3) is 0 Å². The van der Waals surface area contributed by atoms with E-state index in [1.807, 2.05) is 24.3 Å². The van der Waals surface area contributed by atoms with E-state index in [1.165, 1.54) is 0 Å². The third kappa shape index (κ3) is 3.22. The highest BCUT2D eigenvalue weighted by Crippen LogP contribution is 2.21. The van der Waals surface area contributed by atoms with E-state index in [0.29, 0.717) is 12.6 Å². The van der Waals surface area contributed by atoms with Gasteiger partial charge in [0.15, 0.2) is 0 Å². The molecule has 18 heavy (non-hydrogen) atoms. The summed E-state index contributed by atoms with van der Waals surface area (Å²) in [6.07, 6.45) is -0.486. The van der Waals surface area contributed by atoms with E-state index in [9.17, 15) is 5.11 Å². The Balaban J connectivity index is 1.99. The first-order valence-electron chi connectivity index (χ1n) is 6.34. The van der Waals surface area contributed by atoms with Crippen molar-refractivity contribution < 1.29 is 14.6 Å². The Kier molecular flexibility index (Phi) is 4.58. The lowest BCUT2D eigenvalue weighted by molar-refractivity contribution is -0.0203. The summed E-state index contributed by atoms with van der Waals surface area (Å²) in [6, 6.07) is 7.96. The maximum atomic E-state index is 10.3. The van der Waals surface area contributed by atoms with Crippen LogP contribution in [0.5, 0.6) is 5.75 Å². The number of ether oxygens (including phenoxy) is 2. The van der Waals surface area contributed by atoms with Gasteiger partial charge in [0, 0.05) is 19.1 Å². The van der Waals surface area contributed by atoms with Gasteiger partial charge < -0.3 is 14.6 Å². The lowest BCUT2D eigenvalue weighted by Gasteiger charge is -2.34. The summed E-state index contributed by atoms with van der Waals surface area (Å²) in [5.41, 5.74) is 0.896. The maximum absolute atomic E-state index is 10.3. The summed E-state index contributed by atoms with van der Waals surface area (Å²) in [5.74, 6) is 0.779. The molecule has 1 aliphatic heterocycles. The number of hydrogen-bond acceptors (Lipinski definition) is 4. The van der Waals surface area contributed by atoms with E-state index in [-0.39, 0.29) is 0 Å². The molecule has 2 rings (SSSR count). The molecule has 0 aliphatic carbocycles. The molecule has 0 amide bonds. The molecule has 0 radical (unpaired) electrons. The summed E-state index contributed by atoms with van der Waals surface area (Å²) in [4.78, 5) is 2.26. The van der Waals surface area contributed by atoms with Crippen molar-refractivity contribution in [1.29, 1.82) is 0 Å². The van der Waals surface area contributed by atoms with Crippen LogP contribution < -0.4 is 4.74 Å². The van der Waals surface area contributed by atoms with Gasteiger partial charge in [-0.3, -0.25) is 4.90 Å². The summed E-state index contributed by atoms with van der Waals surface area (Å²) < 4.78 is 10.6. The first kappa shape index (κ1) is 13.3. The second-order valence-electron chi connectivity index (χ2n) is 4.71. The Hall–Kier alpha value is -1.10. The van der Waals surface area contributed by atoms with Gasteiger partial charge in [-0.15, -0.1) is 0 Å². The van der Waals surface area contributed by atoms with E-state index < -0.39 is 6.10 Å². The minimum absolute atomic E-state index is 0.360. The molecular weight excluding hydrogens is 230 g/mol. The van der Waals surface area contributed by atoms with Crippen molar-refractivity contribution in [2.75, 3.05) is 33.4 Å². The molecule has 2 unspecified atom stereocenters. The molecule has 1 fully saturated rings. The third-order valence-corrected chi connectivity index (χ3v) is 3.39. The molecule has 0 spiro atoms. The highest BCUT2D eigenvalue weighted by Gasteiger charge is 2.22. The van der Waals surface area contributed by atoms with Crippen molar-refractivity contribution in [2.45, 2.75) is 19.1 Å². The van der Waals surface area contributed by atoms with Crippen LogP contribution in [0.1, 0.15) is 18.6 Å². The van der Waals surface area contributed by atoms with E-state index in [0.717, 1.165) is 31.1 Å². The van der Waals surface area contributed by atoms with Crippen LogP contribution in [0.3, 0.4) is 0 Å². The average molecular weight is 251 g/mol. The normalized spacial score (nSPS) is 22.7. The van der Waals surface area contributed by atoms with Crippen molar-refractivity contribution in [1.82, 2.24) is 4.90 Å². The molecule has 1 saturated heterocycles. The first-order valence-corrected chi connectivity index (χ1v) is 6.34. The molecule has 4 heteroatoms. The monoisotopic (exact) mass is 251 g/mol. The van der Waals surface area contributed by atoms with Gasteiger partial charge in [-0.25, -0.2) is 0 Å². The molecule has 100 valence electrons. The predicted octanol–water partition coefficient (Wildman–Crippen LogP) is 1.45. The standard InChI is InChI=1S/C14H21NO3/c1-11-10-18-7-6-15(11)9-14(16)12-4-3-5-13(8-12)17-2/h3-5,8,11,14,16H,6-7,9-10H2,1-2H3. The molecule has 1 N–H and O–H groups in total. The summed E-state index contributed by atoms with van der Waals surface area (Å²) in [6.45, 7) is 5.12. The number of nitrogens with zero attached hydrogens (tertiary/aromatic N) is 1. The second kappa shape index (κ2) is 6.18. The number of aliphatic hydroxyl groups is 1. The van der Waals surface area contributed by atoms with Crippen molar-refractivity contribution >= 4 is 0 Å². The number of aliphatic hydroxyl groups excluding tert-OH is 1. The molecule has 1 aromatic carbocycles. The summed E-state index contributed by atoms with van der Waals surface area (Å²) in [5, 5.41) is 10.3. The predicted molar refractivity (Wildman–Crippen MR) is 69.8 cm³/mol. The number of β-amino-alcohol motifs (C(OH)–C–C–N with tert-alkyl or cyclic N) is 1. The molecule has 1 heterocycles. The maximum Gasteiger partial charge on any atom is 0.119 e. The first-order chi connectivity index (χ1) is 8.70. The van der Waals surface area contributed by atoms with Crippen molar-refractivity contribution in [3.8, 4) is 5.75 Å². The molecule has 0 saturated carbocycles. The Morgan fingerprint density at radius 3 is 3.11 bits per heavy atom. The van der Waals surface area contributed by atoms with Crippen molar-refractivity contribution in [3.05, 3.63) is 29.8 Å². The average Bonchev–Trinajstić information content (AvgIpc) is 2.41. The van der Waals surface area contributed by atoms with Crippen LogP contribution in [0.15, 0.2) is 24.3 Å². The lowest BCUT2D eigenvalue weighted by atomic mass is 10.1. The minimum atomic E-state index is -0.486. The molecule has 0 aromatic heterocycles. The molecule has 4 nitrogen and oxygen atoms in total. The fraction of sp³-hybridized carbons (Fsp3) is 0.571. The van der Waals surface area contributed by atoms with Gasteiger partial charge in [0.1, 0.15) is 5.75 Å². The number of morpholine rings is 1. The summed E-state index contributed by atoms with van der Waals surface area (Å²) in [7, 11) is 1.63. The smallest absolute Gasteiger partial charge is 0.119 e. The third-order valence-electron chi connectivity index (χ3n) is 3.39. The molecular formula is C14H21NO3.